The van der Waals surface area contributed by atoms with Gasteiger partial charge in [-0.25, -0.2) is 0 Å². The molecule has 0 aromatic rings. The van der Waals surface area contributed by atoms with E-state index in [1.807, 2.05) is 13.8 Å². The number of allylic oxidation sites excluding steroid dienone is 2. The SMILES string of the molecule is CC1=C(C)OC2(COC2)C(=O)N1. The smallest absolute Gasteiger partial charge is 0.273 e. The molecule has 4 heteroatoms. The molecule has 0 aliphatic carbocycles. The van der Waals surface area contributed by atoms with Gasteiger partial charge in [0, 0.05) is 0 Å². The quantitative estimate of drug-likeness (QED) is 0.561. The first kappa shape index (κ1) is 7.61. The zero-order chi connectivity index (χ0) is 8.77. The Morgan fingerprint density at radius 2 is 2.08 bits per heavy atom. The Labute approximate surface area is 70.5 Å². The average Bonchev–Trinajstić information content (AvgIpc) is 1.93. The Balaban J connectivity index is 2.26. The number of hydrogen-bond acceptors (Lipinski definition) is 3. The minimum absolute atomic E-state index is 0.0862. The maximum Gasteiger partial charge on any atom is 0.273 e. The van der Waals surface area contributed by atoms with Gasteiger partial charge in [-0.1, -0.05) is 0 Å². The van der Waals surface area contributed by atoms with Crippen molar-refractivity contribution in [3.63, 3.8) is 0 Å². The van der Waals surface area contributed by atoms with Crippen molar-refractivity contribution < 1.29 is 14.3 Å². The van der Waals surface area contributed by atoms with E-state index in [0.717, 1.165) is 11.5 Å². The minimum Gasteiger partial charge on any atom is -0.475 e. The van der Waals surface area contributed by atoms with E-state index >= 15 is 0 Å². The molecule has 0 atom stereocenters. The van der Waals surface area contributed by atoms with E-state index in [1.165, 1.54) is 0 Å². The summed E-state index contributed by atoms with van der Waals surface area (Å²) in [6.45, 7) is 4.39. The predicted molar refractivity (Wildman–Crippen MR) is 41.2 cm³/mol. The molecule has 2 aliphatic rings. The molecule has 66 valence electrons. The van der Waals surface area contributed by atoms with Crippen molar-refractivity contribution in [3.8, 4) is 0 Å². The Bertz CT molecular complexity index is 265. The molecule has 1 spiro atoms. The molecule has 0 bridgehead atoms. The van der Waals surface area contributed by atoms with Gasteiger partial charge in [0.15, 0.2) is 0 Å². The van der Waals surface area contributed by atoms with Crippen molar-refractivity contribution in [2.75, 3.05) is 13.2 Å². The standard InChI is InChI=1S/C8H11NO3/c1-5-6(2)12-8(3-11-4-8)7(10)9-5/h3-4H2,1-2H3,(H,9,10). The second-order valence-electron chi connectivity index (χ2n) is 3.22. The monoisotopic (exact) mass is 169 g/mol. The topological polar surface area (TPSA) is 47.6 Å². The van der Waals surface area contributed by atoms with E-state index in [0.29, 0.717) is 13.2 Å². The normalized spacial score (nSPS) is 26.3. The van der Waals surface area contributed by atoms with Crippen molar-refractivity contribution in [1.82, 2.24) is 5.32 Å². The van der Waals surface area contributed by atoms with Gasteiger partial charge >= 0.3 is 0 Å². The van der Waals surface area contributed by atoms with E-state index in [-0.39, 0.29) is 5.91 Å². The highest BCUT2D eigenvalue weighted by Gasteiger charge is 2.50. The van der Waals surface area contributed by atoms with E-state index in [2.05, 4.69) is 5.32 Å². The molecule has 0 saturated carbocycles. The van der Waals surface area contributed by atoms with E-state index < -0.39 is 5.60 Å². The van der Waals surface area contributed by atoms with Crippen molar-refractivity contribution in [1.29, 1.82) is 0 Å². The van der Waals surface area contributed by atoms with Crippen LogP contribution in [-0.4, -0.2) is 24.7 Å². The van der Waals surface area contributed by atoms with Gasteiger partial charge in [-0.05, 0) is 13.8 Å². The van der Waals surface area contributed by atoms with Crippen LogP contribution in [0.1, 0.15) is 13.8 Å². The van der Waals surface area contributed by atoms with E-state index in [1.54, 1.807) is 0 Å². The maximum atomic E-state index is 11.4. The molecule has 2 heterocycles. The number of hydrogen-bond donors (Lipinski definition) is 1. The van der Waals surface area contributed by atoms with Crippen LogP contribution < -0.4 is 5.32 Å². The van der Waals surface area contributed by atoms with E-state index in [4.69, 9.17) is 9.47 Å². The Hall–Kier alpha value is -1.03. The van der Waals surface area contributed by atoms with Gasteiger partial charge in [-0.3, -0.25) is 4.79 Å². The number of rotatable bonds is 0. The first-order valence-corrected chi connectivity index (χ1v) is 3.90. The first-order valence-electron chi connectivity index (χ1n) is 3.90. The molecule has 1 amide bonds. The third-order valence-corrected chi connectivity index (χ3v) is 2.26. The molecule has 1 fully saturated rings. The lowest BCUT2D eigenvalue weighted by molar-refractivity contribution is -0.201. The van der Waals surface area contributed by atoms with Crippen LogP contribution in [0.5, 0.6) is 0 Å². The third-order valence-electron chi connectivity index (χ3n) is 2.26. The second-order valence-corrected chi connectivity index (χ2v) is 3.22. The summed E-state index contributed by atoms with van der Waals surface area (Å²) in [7, 11) is 0. The molecule has 2 aliphatic heterocycles. The summed E-state index contributed by atoms with van der Waals surface area (Å²) in [5, 5.41) is 2.76. The van der Waals surface area contributed by atoms with Crippen molar-refractivity contribution >= 4 is 5.91 Å². The predicted octanol–water partition coefficient (Wildman–Crippen LogP) is 0.153. The summed E-state index contributed by atoms with van der Waals surface area (Å²) < 4.78 is 10.4. The number of ether oxygens (including phenoxy) is 2. The van der Waals surface area contributed by atoms with Crippen LogP contribution in [0.3, 0.4) is 0 Å². The Morgan fingerprint density at radius 1 is 1.42 bits per heavy atom. The van der Waals surface area contributed by atoms with Gasteiger partial charge in [0.25, 0.3) is 5.91 Å². The lowest BCUT2D eigenvalue weighted by Gasteiger charge is -2.42. The largest absolute Gasteiger partial charge is 0.475 e. The van der Waals surface area contributed by atoms with Crippen LogP contribution in [0.15, 0.2) is 11.5 Å². The summed E-state index contributed by atoms with van der Waals surface area (Å²) in [6, 6.07) is 0. The molecule has 1 saturated heterocycles. The molecule has 12 heavy (non-hydrogen) atoms. The third kappa shape index (κ3) is 0.845. The number of carbonyl (C=O) groups is 1. The molecule has 4 nitrogen and oxygen atoms in total. The van der Waals surface area contributed by atoms with Crippen LogP contribution in [0.2, 0.25) is 0 Å². The summed E-state index contributed by atoms with van der Waals surface area (Å²) in [5.74, 6) is 0.690. The molecule has 0 unspecified atom stereocenters. The fraction of sp³-hybridized carbons (Fsp3) is 0.625. The Kier molecular flexibility index (Phi) is 1.41. The molecule has 0 radical (unpaired) electrons. The van der Waals surface area contributed by atoms with Gasteiger partial charge in [0.05, 0.1) is 18.9 Å². The second kappa shape index (κ2) is 2.23. The lowest BCUT2D eigenvalue weighted by atomic mass is 9.99. The van der Waals surface area contributed by atoms with Crippen molar-refractivity contribution in [2.45, 2.75) is 19.4 Å². The molecule has 1 N–H and O–H groups in total. The Morgan fingerprint density at radius 3 is 2.58 bits per heavy atom. The first-order chi connectivity index (χ1) is 5.64. The fourth-order valence-electron chi connectivity index (χ4n) is 1.27. The van der Waals surface area contributed by atoms with Crippen LogP contribution in [0.25, 0.3) is 0 Å². The molecular weight excluding hydrogens is 158 g/mol. The van der Waals surface area contributed by atoms with Crippen molar-refractivity contribution in [3.05, 3.63) is 11.5 Å². The van der Waals surface area contributed by atoms with Gasteiger partial charge in [-0.15, -0.1) is 0 Å². The minimum atomic E-state index is -0.719. The summed E-state index contributed by atoms with van der Waals surface area (Å²) in [4.78, 5) is 11.4. The van der Waals surface area contributed by atoms with Gasteiger partial charge < -0.3 is 14.8 Å². The molecule has 0 aromatic heterocycles. The summed E-state index contributed by atoms with van der Waals surface area (Å²) in [5.41, 5.74) is 0.0707. The molecular formula is C8H11NO3. The highest BCUT2D eigenvalue weighted by Crippen LogP contribution is 2.29. The van der Waals surface area contributed by atoms with Gasteiger partial charge in [0.2, 0.25) is 5.60 Å². The van der Waals surface area contributed by atoms with Crippen LogP contribution >= 0.6 is 0 Å². The van der Waals surface area contributed by atoms with Gasteiger partial charge in [0.1, 0.15) is 5.76 Å². The lowest BCUT2D eigenvalue weighted by Crippen LogP contribution is -2.63. The van der Waals surface area contributed by atoms with Crippen LogP contribution in [-0.2, 0) is 14.3 Å². The summed E-state index contributed by atoms with van der Waals surface area (Å²) >= 11 is 0. The highest BCUT2D eigenvalue weighted by atomic mass is 16.6. The van der Waals surface area contributed by atoms with Crippen LogP contribution in [0.4, 0.5) is 0 Å². The van der Waals surface area contributed by atoms with Gasteiger partial charge in [-0.2, -0.15) is 0 Å². The van der Waals surface area contributed by atoms with Crippen LogP contribution in [0, 0.1) is 0 Å². The maximum absolute atomic E-state index is 11.4. The summed E-state index contributed by atoms with van der Waals surface area (Å²) in [6.07, 6.45) is 0. The average molecular weight is 169 g/mol. The van der Waals surface area contributed by atoms with E-state index in [9.17, 15) is 4.79 Å². The zero-order valence-corrected chi connectivity index (χ0v) is 7.14. The number of carbonyl (C=O) groups excluding carboxylic acids is 1. The fourth-order valence-corrected chi connectivity index (χ4v) is 1.27. The van der Waals surface area contributed by atoms with Crippen molar-refractivity contribution in [2.24, 2.45) is 0 Å². The highest BCUT2D eigenvalue weighted by molar-refractivity contribution is 5.88. The zero-order valence-electron chi connectivity index (χ0n) is 7.14. The molecule has 0 aromatic carbocycles. The molecule has 2 rings (SSSR count). The number of amides is 1. The number of nitrogens with one attached hydrogen (secondary N) is 1.